The molecule has 4 nitrogen and oxygen atoms in total. The van der Waals surface area contributed by atoms with Gasteiger partial charge < -0.3 is 4.98 Å². The van der Waals surface area contributed by atoms with Crippen LogP contribution >= 0.6 is 34.2 Å². The van der Waals surface area contributed by atoms with Gasteiger partial charge in [-0.15, -0.1) is 0 Å². The molecular weight excluding hydrogens is 290 g/mol. The smallest absolute Gasteiger partial charge is 0.202 e. The van der Waals surface area contributed by atoms with Crippen LogP contribution in [-0.2, 0) is 0 Å². The fourth-order valence-corrected chi connectivity index (χ4v) is 1.74. The van der Waals surface area contributed by atoms with E-state index in [0.717, 1.165) is 11.2 Å². The number of halogens is 2. The van der Waals surface area contributed by atoms with Crippen LogP contribution < -0.4 is 0 Å². The lowest BCUT2D eigenvalue weighted by Gasteiger charge is -1.93. The van der Waals surface area contributed by atoms with Crippen LogP contribution in [0.25, 0.3) is 11.2 Å². The highest BCUT2D eigenvalue weighted by Crippen LogP contribution is 2.15. The van der Waals surface area contributed by atoms with Crippen LogP contribution in [-0.4, -0.2) is 19.9 Å². The van der Waals surface area contributed by atoms with Crippen LogP contribution in [0.2, 0.25) is 5.28 Å². The fraction of sp³-hybridized carbons (Fsp3) is 0.167. The van der Waals surface area contributed by atoms with Crippen molar-refractivity contribution in [2.45, 2.75) is 6.92 Å². The molecule has 1 N–H and O–H groups in total. The van der Waals surface area contributed by atoms with Gasteiger partial charge in [-0.05, 0) is 18.5 Å². The second-order valence-electron chi connectivity index (χ2n) is 2.30. The van der Waals surface area contributed by atoms with Crippen molar-refractivity contribution in [2.75, 3.05) is 0 Å². The van der Waals surface area contributed by atoms with Crippen molar-refractivity contribution in [3.05, 3.63) is 14.8 Å². The number of hydrogen-bond acceptors (Lipinski definition) is 3. The predicted octanol–water partition coefficient (Wildman–Crippen LogP) is 1.92. The molecule has 6 heteroatoms. The Hall–Kier alpha value is -0.430. The van der Waals surface area contributed by atoms with Crippen molar-refractivity contribution in [3.63, 3.8) is 0 Å². The van der Waals surface area contributed by atoms with Crippen LogP contribution in [0.15, 0.2) is 0 Å². The highest BCUT2D eigenvalue weighted by molar-refractivity contribution is 14.1. The first-order valence-electron chi connectivity index (χ1n) is 3.22. The molecule has 0 fully saturated rings. The number of hydrogen-bond donors (Lipinski definition) is 1. The van der Waals surface area contributed by atoms with Crippen LogP contribution in [0.5, 0.6) is 0 Å². The molecule has 0 aromatic carbocycles. The Bertz CT molecular complexity index is 438. The summed E-state index contributed by atoms with van der Waals surface area (Å²) in [5.41, 5.74) is 2.29. The number of aromatic nitrogens is 4. The van der Waals surface area contributed by atoms with Gasteiger partial charge in [0.05, 0.1) is 5.69 Å². The Balaban J connectivity index is 2.88. The third-order valence-electron chi connectivity index (χ3n) is 1.48. The van der Waals surface area contributed by atoms with Crippen molar-refractivity contribution in [2.24, 2.45) is 0 Å². The SMILES string of the molecule is Cc1nc(I)nc2nc(Cl)[nH]c12. The van der Waals surface area contributed by atoms with E-state index < -0.39 is 0 Å². The van der Waals surface area contributed by atoms with Crippen molar-refractivity contribution >= 4 is 45.4 Å². The van der Waals surface area contributed by atoms with E-state index in [1.807, 2.05) is 29.5 Å². The Kier molecular flexibility index (Phi) is 1.91. The minimum absolute atomic E-state index is 0.351. The summed E-state index contributed by atoms with van der Waals surface area (Å²) in [5, 5.41) is 0.351. The van der Waals surface area contributed by atoms with E-state index in [2.05, 4.69) is 19.9 Å². The summed E-state index contributed by atoms with van der Waals surface area (Å²) in [5.74, 6) is 0. The highest BCUT2D eigenvalue weighted by Gasteiger charge is 2.06. The van der Waals surface area contributed by atoms with E-state index in [9.17, 15) is 0 Å². The quantitative estimate of drug-likeness (QED) is 0.459. The Morgan fingerprint density at radius 2 is 2.08 bits per heavy atom. The number of rotatable bonds is 0. The summed E-state index contributed by atoms with van der Waals surface area (Å²) < 4.78 is 0.681. The van der Waals surface area contributed by atoms with E-state index in [-0.39, 0.29) is 0 Å². The molecular formula is C6H4ClIN4. The molecule has 0 spiro atoms. The third kappa shape index (κ3) is 1.27. The molecule has 0 bridgehead atoms. The average Bonchev–Trinajstić information content (AvgIpc) is 2.29. The van der Waals surface area contributed by atoms with E-state index in [0.29, 0.717) is 14.8 Å². The van der Waals surface area contributed by atoms with Crippen LogP contribution in [0.3, 0.4) is 0 Å². The van der Waals surface area contributed by atoms with Gasteiger partial charge >= 0.3 is 0 Å². The van der Waals surface area contributed by atoms with E-state index in [1.54, 1.807) is 0 Å². The van der Waals surface area contributed by atoms with E-state index >= 15 is 0 Å². The zero-order chi connectivity index (χ0) is 8.72. The van der Waals surface area contributed by atoms with Gasteiger partial charge in [-0.25, -0.2) is 9.97 Å². The van der Waals surface area contributed by atoms with Crippen molar-refractivity contribution in [1.82, 2.24) is 19.9 Å². The summed E-state index contributed by atoms with van der Waals surface area (Å²) in [7, 11) is 0. The molecule has 0 unspecified atom stereocenters. The van der Waals surface area contributed by atoms with Crippen molar-refractivity contribution in [1.29, 1.82) is 0 Å². The molecule has 0 saturated carbocycles. The Labute approximate surface area is 86.9 Å². The predicted molar refractivity (Wildman–Crippen MR) is 54.1 cm³/mol. The number of nitrogens with one attached hydrogen (secondary N) is 1. The summed E-state index contributed by atoms with van der Waals surface area (Å²) in [4.78, 5) is 15.1. The number of fused-ring (bicyclic) bond motifs is 1. The van der Waals surface area contributed by atoms with Gasteiger partial charge in [-0.1, -0.05) is 0 Å². The third-order valence-corrected chi connectivity index (χ3v) is 2.14. The maximum atomic E-state index is 5.67. The first-order chi connectivity index (χ1) is 5.66. The molecule has 0 radical (unpaired) electrons. The van der Waals surface area contributed by atoms with Gasteiger partial charge in [-0.2, -0.15) is 4.98 Å². The normalized spacial score (nSPS) is 10.9. The summed E-state index contributed by atoms with van der Waals surface area (Å²) in [6, 6.07) is 0. The van der Waals surface area contributed by atoms with Gasteiger partial charge in [0.1, 0.15) is 5.52 Å². The van der Waals surface area contributed by atoms with Gasteiger partial charge in [0.15, 0.2) is 9.48 Å². The zero-order valence-electron chi connectivity index (χ0n) is 6.10. The summed E-state index contributed by atoms with van der Waals surface area (Å²) in [6.45, 7) is 1.89. The van der Waals surface area contributed by atoms with Gasteiger partial charge in [-0.3, -0.25) is 0 Å². The lowest BCUT2D eigenvalue weighted by atomic mass is 10.4. The number of H-pyrrole nitrogens is 1. The molecule has 0 aliphatic rings. The number of aryl methyl sites for hydroxylation is 1. The first kappa shape index (κ1) is 8.18. The van der Waals surface area contributed by atoms with E-state index in [1.165, 1.54) is 0 Å². The highest BCUT2D eigenvalue weighted by atomic mass is 127. The number of imidazole rings is 1. The molecule has 0 atom stereocenters. The maximum Gasteiger partial charge on any atom is 0.202 e. The monoisotopic (exact) mass is 294 g/mol. The molecule has 2 aromatic rings. The molecule has 0 aliphatic carbocycles. The standard InChI is InChI=1S/C6H4ClIN4/c1-2-3-4(11-5(7)10-3)12-6(8)9-2/h1H3,(H,9,10,11,12). The minimum Gasteiger partial charge on any atom is -0.326 e. The van der Waals surface area contributed by atoms with E-state index in [4.69, 9.17) is 11.6 Å². The molecule has 62 valence electrons. The maximum absolute atomic E-state index is 5.67. The second-order valence-corrected chi connectivity index (χ2v) is 3.63. The molecule has 0 aliphatic heterocycles. The average molecular weight is 294 g/mol. The fourth-order valence-electron chi connectivity index (χ4n) is 0.976. The van der Waals surface area contributed by atoms with Gasteiger partial charge in [0.2, 0.25) is 5.28 Å². The van der Waals surface area contributed by atoms with Crippen LogP contribution in [0, 0.1) is 10.8 Å². The van der Waals surface area contributed by atoms with Crippen molar-refractivity contribution in [3.8, 4) is 0 Å². The molecule has 0 amide bonds. The summed E-state index contributed by atoms with van der Waals surface area (Å²) in [6.07, 6.45) is 0. The lowest BCUT2D eigenvalue weighted by Crippen LogP contribution is -1.91. The first-order valence-corrected chi connectivity index (χ1v) is 4.68. The van der Waals surface area contributed by atoms with Gasteiger partial charge in [0.25, 0.3) is 0 Å². The molecule has 2 aromatic heterocycles. The van der Waals surface area contributed by atoms with Crippen LogP contribution in [0.1, 0.15) is 5.69 Å². The molecule has 2 rings (SSSR count). The summed E-state index contributed by atoms with van der Waals surface area (Å²) >= 11 is 7.71. The second kappa shape index (κ2) is 2.81. The zero-order valence-corrected chi connectivity index (χ0v) is 9.01. The molecule has 2 heterocycles. The topological polar surface area (TPSA) is 54.5 Å². The van der Waals surface area contributed by atoms with Gasteiger partial charge in [0, 0.05) is 22.6 Å². The lowest BCUT2D eigenvalue weighted by molar-refractivity contribution is 1.08. The molecule has 12 heavy (non-hydrogen) atoms. The molecule has 0 saturated heterocycles. The van der Waals surface area contributed by atoms with Crippen LogP contribution in [0.4, 0.5) is 0 Å². The Morgan fingerprint density at radius 3 is 2.83 bits per heavy atom. The largest absolute Gasteiger partial charge is 0.326 e. The number of aromatic amines is 1. The van der Waals surface area contributed by atoms with Crippen molar-refractivity contribution < 1.29 is 0 Å². The number of nitrogens with zero attached hydrogens (tertiary/aromatic N) is 3. The minimum atomic E-state index is 0.351. The Morgan fingerprint density at radius 1 is 1.33 bits per heavy atom.